The lowest BCUT2D eigenvalue weighted by molar-refractivity contribution is -0.275. The van der Waals surface area contributed by atoms with Gasteiger partial charge in [0.15, 0.2) is 6.10 Å². The molecule has 0 aliphatic carbocycles. The summed E-state index contributed by atoms with van der Waals surface area (Å²) in [6.07, 6.45) is -6.48. The number of para-hydroxylation sites is 1. The number of benzene rings is 1. The van der Waals surface area contributed by atoms with E-state index in [1.165, 1.54) is 24.3 Å². The third-order valence-electron chi connectivity index (χ3n) is 1.56. The molecule has 1 aromatic carbocycles. The fourth-order valence-corrected chi connectivity index (χ4v) is 0.994. The number of hydrogen-bond donors (Lipinski definition) is 1. The van der Waals surface area contributed by atoms with Crippen molar-refractivity contribution in [1.82, 2.24) is 0 Å². The highest BCUT2D eigenvalue weighted by atomic mass is 19.4. The van der Waals surface area contributed by atoms with Gasteiger partial charge in [0.25, 0.3) is 0 Å². The summed E-state index contributed by atoms with van der Waals surface area (Å²) in [6, 6.07) is 6.35. The molecule has 0 saturated carbocycles. The normalized spacial score (nSPS) is 13.0. The van der Waals surface area contributed by atoms with E-state index in [1.807, 2.05) is 0 Å². The van der Waals surface area contributed by atoms with E-state index < -0.39 is 18.2 Å². The fraction of sp³-hybridized carbons (Fsp3) is 0.222. The molecule has 0 radical (unpaired) electrons. The lowest BCUT2D eigenvalue weighted by atomic mass is 10.1. The van der Waals surface area contributed by atoms with Crippen LogP contribution in [-0.2, 0) is 0 Å². The average molecular weight is 217 g/mol. The molecule has 0 aliphatic heterocycles. The molecule has 3 nitrogen and oxygen atoms in total. The van der Waals surface area contributed by atoms with Crippen molar-refractivity contribution in [3.8, 4) is 11.8 Å². The third-order valence-corrected chi connectivity index (χ3v) is 1.56. The van der Waals surface area contributed by atoms with E-state index in [9.17, 15) is 13.2 Å². The molecule has 1 N–H and O–H groups in total. The quantitative estimate of drug-likeness (QED) is 0.772. The summed E-state index contributed by atoms with van der Waals surface area (Å²) in [5.41, 5.74) is -0.211. The molecule has 0 aliphatic rings. The number of alkyl halides is 3. The van der Waals surface area contributed by atoms with E-state index in [2.05, 4.69) is 4.74 Å². The van der Waals surface area contributed by atoms with E-state index in [1.54, 1.807) is 0 Å². The maximum atomic E-state index is 11.9. The minimum Gasteiger partial charge on any atom is -0.405 e. The number of rotatable bonds is 2. The van der Waals surface area contributed by atoms with Gasteiger partial charge in [0.2, 0.25) is 0 Å². The Morgan fingerprint density at radius 1 is 1.33 bits per heavy atom. The van der Waals surface area contributed by atoms with Crippen molar-refractivity contribution in [1.29, 1.82) is 5.26 Å². The zero-order valence-corrected chi connectivity index (χ0v) is 7.32. The van der Waals surface area contributed by atoms with Crippen molar-refractivity contribution in [2.75, 3.05) is 0 Å². The van der Waals surface area contributed by atoms with Gasteiger partial charge in [0, 0.05) is 5.56 Å². The van der Waals surface area contributed by atoms with Crippen molar-refractivity contribution in [2.45, 2.75) is 12.5 Å². The van der Waals surface area contributed by atoms with Crippen LogP contribution in [0, 0.1) is 11.3 Å². The summed E-state index contributed by atoms with van der Waals surface area (Å²) in [5, 5.41) is 17.5. The van der Waals surface area contributed by atoms with Crippen LogP contribution in [-0.4, -0.2) is 11.5 Å². The lowest BCUT2D eigenvalue weighted by Crippen LogP contribution is -2.18. The van der Waals surface area contributed by atoms with Crippen LogP contribution < -0.4 is 4.74 Å². The number of aliphatic hydroxyl groups is 1. The molecule has 0 saturated heterocycles. The van der Waals surface area contributed by atoms with Gasteiger partial charge in [-0.05, 0) is 6.07 Å². The second-order valence-corrected chi connectivity index (χ2v) is 2.62. The molecule has 1 aromatic rings. The Kier molecular flexibility index (Phi) is 3.17. The van der Waals surface area contributed by atoms with E-state index >= 15 is 0 Å². The Hall–Kier alpha value is -1.74. The summed E-state index contributed by atoms with van der Waals surface area (Å²) >= 11 is 0. The highest BCUT2D eigenvalue weighted by molar-refractivity contribution is 5.37. The Balaban J connectivity index is 3.03. The molecule has 0 spiro atoms. The van der Waals surface area contributed by atoms with Crippen molar-refractivity contribution < 1.29 is 23.0 Å². The lowest BCUT2D eigenvalue weighted by Gasteiger charge is -2.13. The second kappa shape index (κ2) is 4.19. The number of hydrogen-bond acceptors (Lipinski definition) is 3. The number of nitrogens with zero attached hydrogens (tertiary/aromatic N) is 1. The zero-order valence-electron chi connectivity index (χ0n) is 7.32. The van der Waals surface area contributed by atoms with E-state index in [-0.39, 0.29) is 5.56 Å². The standard InChI is InChI=1S/C9H6F3NO2/c10-9(11,12)15-8-4-2-1-3-6(8)7(14)5-13/h1-4,7,14H/t7-/m0/s1. The highest BCUT2D eigenvalue weighted by Gasteiger charge is 2.32. The molecular weight excluding hydrogens is 211 g/mol. The smallest absolute Gasteiger partial charge is 0.405 e. The molecule has 0 unspecified atom stereocenters. The van der Waals surface area contributed by atoms with Crippen molar-refractivity contribution in [3.05, 3.63) is 29.8 Å². The molecular formula is C9H6F3NO2. The Bertz CT molecular complexity index is 384. The van der Waals surface area contributed by atoms with Crippen LogP contribution in [0.25, 0.3) is 0 Å². The first-order valence-electron chi connectivity index (χ1n) is 3.86. The first-order valence-corrected chi connectivity index (χ1v) is 3.86. The minimum absolute atomic E-state index is 0.211. The summed E-state index contributed by atoms with van der Waals surface area (Å²) in [7, 11) is 0. The van der Waals surface area contributed by atoms with Gasteiger partial charge in [-0.15, -0.1) is 13.2 Å². The Morgan fingerprint density at radius 2 is 1.93 bits per heavy atom. The van der Waals surface area contributed by atoms with Crippen molar-refractivity contribution in [2.24, 2.45) is 0 Å². The maximum absolute atomic E-state index is 11.9. The van der Waals surface area contributed by atoms with Gasteiger partial charge in [0.1, 0.15) is 5.75 Å². The number of ether oxygens (including phenoxy) is 1. The molecule has 1 atom stereocenters. The topological polar surface area (TPSA) is 53.2 Å². The third kappa shape index (κ3) is 3.14. The van der Waals surface area contributed by atoms with Crippen molar-refractivity contribution in [3.63, 3.8) is 0 Å². The molecule has 0 amide bonds. The highest BCUT2D eigenvalue weighted by Crippen LogP contribution is 2.29. The van der Waals surface area contributed by atoms with Gasteiger partial charge in [0.05, 0.1) is 6.07 Å². The van der Waals surface area contributed by atoms with Crippen LogP contribution in [0.15, 0.2) is 24.3 Å². The van der Waals surface area contributed by atoms with Gasteiger partial charge >= 0.3 is 6.36 Å². The van der Waals surface area contributed by atoms with Crippen LogP contribution >= 0.6 is 0 Å². The molecule has 6 heteroatoms. The first kappa shape index (κ1) is 11.3. The summed E-state index contributed by atoms with van der Waals surface area (Å²) < 4.78 is 39.4. The van der Waals surface area contributed by atoms with Gasteiger partial charge in [-0.2, -0.15) is 5.26 Å². The molecule has 15 heavy (non-hydrogen) atoms. The summed E-state index contributed by atoms with van der Waals surface area (Å²) in [4.78, 5) is 0. The molecule has 1 rings (SSSR count). The maximum Gasteiger partial charge on any atom is 0.573 e. The summed E-state index contributed by atoms with van der Waals surface area (Å²) in [6.45, 7) is 0. The number of halogens is 3. The predicted octanol–water partition coefficient (Wildman–Crippen LogP) is 2.14. The van der Waals surface area contributed by atoms with Crippen LogP contribution in [0.3, 0.4) is 0 Å². The molecule has 80 valence electrons. The van der Waals surface area contributed by atoms with Gasteiger partial charge in [-0.1, -0.05) is 18.2 Å². The van der Waals surface area contributed by atoms with Gasteiger partial charge in [-0.25, -0.2) is 0 Å². The summed E-state index contributed by atoms with van der Waals surface area (Å²) in [5.74, 6) is -0.570. The van der Waals surface area contributed by atoms with Crippen LogP contribution in [0.5, 0.6) is 5.75 Å². The van der Waals surface area contributed by atoms with Gasteiger partial charge in [-0.3, -0.25) is 0 Å². The van der Waals surface area contributed by atoms with E-state index in [0.717, 1.165) is 6.07 Å². The first-order chi connectivity index (χ1) is 6.94. The monoisotopic (exact) mass is 217 g/mol. The van der Waals surface area contributed by atoms with Crippen LogP contribution in [0.2, 0.25) is 0 Å². The molecule has 0 fully saturated rings. The second-order valence-electron chi connectivity index (χ2n) is 2.62. The molecule has 0 heterocycles. The van der Waals surface area contributed by atoms with E-state index in [4.69, 9.17) is 10.4 Å². The average Bonchev–Trinajstić information content (AvgIpc) is 2.15. The van der Waals surface area contributed by atoms with E-state index in [0.29, 0.717) is 0 Å². The minimum atomic E-state index is -4.84. The Morgan fingerprint density at radius 3 is 2.47 bits per heavy atom. The van der Waals surface area contributed by atoms with Crippen LogP contribution in [0.4, 0.5) is 13.2 Å². The zero-order chi connectivity index (χ0) is 11.5. The number of nitriles is 1. The van der Waals surface area contributed by atoms with Gasteiger partial charge < -0.3 is 9.84 Å². The number of aliphatic hydroxyl groups excluding tert-OH is 1. The fourth-order valence-electron chi connectivity index (χ4n) is 0.994. The molecule has 0 bridgehead atoms. The SMILES string of the molecule is N#C[C@H](O)c1ccccc1OC(F)(F)F. The molecule has 0 aromatic heterocycles. The predicted molar refractivity (Wildman–Crippen MR) is 43.7 cm³/mol. The van der Waals surface area contributed by atoms with Crippen LogP contribution in [0.1, 0.15) is 11.7 Å². The van der Waals surface area contributed by atoms with Crippen molar-refractivity contribution >= 4 is 0 Å². The Labute approximate surface area is 83.3 Å². The largest absolute Gasteiger partial charge is 0.573 e.